The van der Waals surface area contributed by atoms with Crippen LogP contribution < -0.4 is 5.56 Å². The van der Waals surface area contributed by atoms with Crippen molar-refractivity contribution in [2.24, 2.45) is 0 Å². The van der Waals surface area contributed by atoms with E-state index in [1.807, 2.05) is 0 Å². The average molecular weight is 226 g/mol. The summed E-state index contributed by atoms with van der Waals surface area (Å²) in [5.41, 5.74) is -0.334. The Kier molecular flexibility index (Phi) is 3.91. The first kappa shape index (κ1) is 11.8. The summed E-state index contributed by atoms with van der Waals surface area (Å²) in [7, 11) is 0. The van der Waals surface area contributed by atoms with Gasteiger partial charge in [-0.15, -0.1) is 0 Å². The van der Waals surface area contributed by atoms with Crippen LogP contribution in [0.25, 0.3) is 0 Å². The summed E-state index contributed by atoms with van der Waals surface area (Å²) in [5, 5.41) is 27.5. The molecule has 3 N–H and O–H groups in total. The number of nitrogens with zero attached hydrogens (tertiary/aromatic N) is 1. The van der Waals surface area contributed by atoms with Crippen molar-refractivity contribution < 1.29 is 10.2 Å². The molecule has 0 bridgehead atoms. The molecule has 5 nitrogen and oxygen atoms in total. The maximum absolute atomic E-state index is 11.0. The minimum Gasteiger partial charge on any atom is -0.389 e. The van der Waals surface area contributed by atoms with Crippen molar-refractivity contribution in [1.29, 1.82) is 5.26 Å². The number of aromatic nitrogens is 1. The topological polar surface area (TPSA) is 97.1 Å². The molecular formula is C9H10N2O3S. The quantitative estimate of drug-likeness (QED) is 0.526. The zero-order chi connectivity index (χ0) is 11.4. The van der Waals surface area contributed by atoms with Gasteiger partial charge in [0.15, 0.2) is 0 Å². The van der Waals surface area contributed by atoms with Gasteiger partial charge in [0.25, 0.3) is 5.56 Å². The molecule has 1 rings (SSSR count). The Balaban J connectivity index is 3.07. The number of hydrogen-bond acceptors (Lipinski definition) is 5. The first-order valence-corrected chi connectivity index (χ1v) is 4.83. The van der Waals surface area contributed by atoms with E-state index in [0.29, 0.717) is 0 Å². The second kappa shape index (κ2) is 4.98. The van der Waals surface area contributed by atoms with Crippen LogP contribution >= 0.6 is 12.6 Å². The molecule has 1 aromatic heterocycles. The number of pyridine rings is 1. The lowest BCUT2D eigenvalue weighted by Crippen LogP contribution is -2.21. The van der Waals surface area contributed by atoms with Gasteiger partial charge < -0.3 is 15.2 Å². The summed E-state index contributed by atoms with van der Waals surface area (Å²) in [5.74, 6) is 0.0855. The summed E-state index contributed by atoms with van der Waals surface area (Å²) in [6, 6.07) is 2.94. The van der Waals surface area contributed by atoms with Crippen LogP contribution in [0.5, 0.6) is 0 Å². The standard InChI is InChI=1S/C9H10N2O3S/c10-2-5-1-6(3-11-9(5)14)8(13)7(12)4-15/h1,3,7-8,12-13,15H,4H2,(H,11,14). The Morgan fingerprint density at radius 3 is 2.80 bits per heavy atom. The fourth-order valence-electron chi connectivity index (χ4n) is 1.08. The highest BCUT2D eigenvalue weighted by Crippen LogP contribution is 2.16. The minimum absolute atomic E-state index is 0.0855. The number of H-pyrrole nitrogens is 1. The van der Waals surface area contributed by atoms with Crippen molar-refractivity contribution in [2.75, 3.05) is 5.75 Å². The van der Waals surface area contributed by atoms with Crippen LogP contribution in [0, 0.1) is 11.3 Å². The van der Waals surface area contributed by atoms with Gasteiger partial charge in [-0.1, -0.05) is 0 Å². The molecule has 1 aromatic rings. The Bertz CT molecular complexity index is 438. The SMILES string of the molecule is N#Cc1cc(C(O)C(O)CS)c[nH]c1=O. The molecule has 2 atom stereocenters. The molecule has 0 amide bonds. The van der Waals surface area contributed by atoms with Crippen LogP contribution in [0.2, 0.25) is 0 Å². The lowest BCUT2D eigenvalue weighted by molar-refractivity contribution is 0.0335. The fraction of sp³-hybridized carbons (Fsp3) is 0.333. The molecule has 0 saturated carbocycles. The number of aliphatic hydroxyl groups excluding tert-OH is 2. The van der Waals surface area contributed by atoms with Gasteiger partial charge in [0.05, 0.1) is 6.10 Å². The zero-order valence-corrected chi connectivity index (χ0v) is 8.61. The van der Waals surface area contributed by atoms with Gasteiger partial charge in [0.2, 0.25) is 0 Å². The maximum atomic E-state index is 11.0. The van der Waals surface area contributed by atoms with Gasteiger partial charge in [-0.05, 0) is 6.07 Å². The summed E-state index contributed by atoms with van der Waals surface area (Å²) in [4.78, 5) is 13.3. The molecule has 0 spiro atoms. The van der Waals surface area contributed by atoms with E-state index in [4.69, 9.17) is 5.26 Å². The van der Waals surface area contributed by atoms with Crippen LogP contribution in [0.1, 0.15) is 17.2 Å². The van der Waals surface area contributed by atoms with Gasteiger partial charge >= 0.3 is 0 Å². The first-order valence-electron chi connectivity index (χ1n) is 4.20. The number of nitrogens with one attached hydrogen (secondary N) is 1. The first-order chi connectivity index (χ1) is 7.10. The number of aliphatic hydroxyl groups is 2. The Hall–Kier alpha value is -1.29. The fourth-order valence-corrected chi connectivity index (χ4v) is 1.28. The number of rotatable bonds is 3. The van der Waals surface area contributed by atoms with E-state index >= 15 is 0 Å². The lowest BCUT2D eigenvalue weighted by atomic mass is 10.1. The molecule has 6 heteroatoms. The molecule has 0 saturated heterocycles. The van der Waals surface area contributed by atoms with Crippen molar-refractivity contribution in [3.63, 3.8) is 0 Å². The molecule has 0 aliphatic carbocycles. The minimum atomic E-state index is -1.16. The molecule has 0 radical (unpaired) electrons. The molecule has 0 aliphatic heterocycles. The highest BCUT2D eigenvalue weighted by atomic mass is 32.1. The predicted octanol–water partition coefficient (Wildman–Crippen LogP) is -0.429. The Labute approximate surface area is 91.4 Å². The number of nitriles is 1. The summed E-state index contributed by atoms with van der Waals surface area (Å²) < 4.78 is 0. The second-order valence-electron chi connectivity index (χ2n) is 2.98. The van der Waals surface area contributed by atoms with Gasteiger partial charge in [-0.25, -0.2) is 0 Å². The predicted molar refractivity (Wildman–Crippen MR) is 56.6 cm³/mol. The number of aromatic amines is 1. The number of thiol groups is 1. The van der Waals surface area contributed by atoms with Gasteiger partial charge in [0.1, 0.15) is 17.7 Å². The van der Waals surface area contributed by atoms with Crippen molar-refractivity contribution in [3.05, 3.63) is 33.7 Å². The molecule has 2 unspecified atom stereocenters. The zero-order valence-electron chi connectivity index (χ0n) is 7.71. The van der Waals surface area contributed by atoms with E-state index in [2.05, 4.69) is 17.6 Å². The monoisotopic (exact) mass is 226 g/mol. The van der Waals surface area contributed by atoms with Crippen molar-refractivity contribution >= 4 is 12.6 Å². The second-order valence-corrected chi connectivity index (χ2v) is 3.35. The van der Waals surface area contributed by atoms with Crippen molar-refractivity contribution in [1.82, 2.24) is 4.98 Å². The van der Waals surface area contributed by atoms with E-state index in [1.165, 1.54) is 12.3 Å². The van der Waals surface area contributed by atoms with Crippen LogP contribution in [-0.4, -0.2) is 27.1 Å². The third-order valence-corrected chi connectivity index (χ3v) is 2.31. The lowest BCUT2D eigenvalue weighted by Gasteiger charge is -2.15. The molecule has 15 heavy (non-hydrogen) atoms. The summed E-state index contributed by atoms with van der Waals surface area (Å²) >= 11 is 3.83. The molecule has 0 aliphatic rings. The van der Waals surface area contributed by atoms with Gasteiger partial charge in [-0.2, -0.15) is 17.9 Å². The number of hydrogen-bond donors (Lipinski definition) is 4. The van der Waals surface area contributed by atoms with E-state index in [9.17, 15) is 15.0 Å². The van der Waals surface area contributed by atoms with E-state index in [1.54, 1.807) is 6.07 Å². The van der Waals surface area contributed by atoms with Crippen molar-refractivity contribution in [2.45, 2.75) is 12.2 Å². The van der Waals surface area contributed by atoms with Crippen LogP contribution in [-0.2, 0) is 0 Å². The molecule has 0 fully saturated rings. The highest BCUT2D eigenvalue weighted by molar-refractivity contribution is 7.80. The average Bonchev–Trinajstić information content (AvgIpc) is 2.27. The molecular weight excluding hydrogens is 216 g/mol. The summed E-state index contributed by atoms with van der Waals surface area (Å²) in [6.07, 6.45) is -0.933. The normalized spacial score (nSPS) is 14.3. The highest BCUT2D eigenvalue weighted by Gasteiger charge is 2.17. The largest absolute Gasteiger partial charge is 0.389 e. The Morgan fingerprint density at radius 1 is 1.60 bits per heavy atom. The molecule has 0 aromatic carbocycles. The van der Waals surface area contributed by atoms with Crippen LogP contribution in [0.3, 0.4) is 0 Å². The third-order valence-electron chi connectivity index (χ3n) is 1.94. The van der Waals surface area contributed by atoms with E-state index < -0.39 is 17.8 Å². The van der Waals surface area contributed by atoms with Crippen LogP contribution in [0.15, 0.2) is 17.1 Å². The maximum Gasteiger partial charge on any atom is 0.265 e. The van der Waals surface area contributed by atoms with Gasteiger partial charge in [0, 0.05) is 17.5 Å². The smallest absolute Gasteiger partial charge is 0.265 e. The van der Waals surface area contributed by atoms with E-state index in [0.717, 1.165) is 0 Å². The van der Waals surface area contributed by atoms with Gasteiger partial charge in [-0.3, -0.25) is 4.79 Å². The van der Waals surface area contributed by atoms with Crippen molar-refractivity contribution in [3.8, 4) is 6.07 Å². The third kappa shape index (κ3) is 2.59. The van der Waals surface area contributed by atoms with E-state index in [-0.39, 0.29) is 16.9 Å². The van der Waals surface area contributed by atoms with Crippen LogP contribution in [0.4, 0.5) is 0 Å². The molecule has 1 heterocycles. The Morgan fingerprint density at radius 2 is 2.27 bits per heavy atom. The summed E-state index contributed by atoms with van der Waals surface area (Å²) in [6.45, 7) is 0. The molecule has 80 valence electrons.